The number of halogens is 3. The second-order valence-electron chi connectivity index (χ2n) is 6.94. The van der Waals surface area contributed by atoms with Crippen molar-refractivity contribution in [2.45, 2.75) is 20.0 Å². The van der Waals surface area contributed by atoms with E-state index >= 15 is 0 Å². The molecule has 9 heteroatoms. The highest BCUT2D eigenvalue weighted by molar-refractivity contribution is 5.77. The molecule has 0 spiro atoms. The van der Waals surface area contributed by atoms with Gasteiger partial charge in [-0.1, -0.05) is 26.0 Å². The number of carbonyl (C=O) groups is 1. The van der Waals surface area contributed by atoms with E-state index in [0.717, 1.165) is 0 Å². The van der Waals surface area contributed by atoms with Gasteiger partial charge < -0.3 is 15.1 Å². The summed E-state index contributed by atoms with van der Waals surface area (Å²) in [6.07, 6.45) is -4.60. The molecule has 0 radical (unpaired) electrons. The summed E-state index contributed by atoms with van der Waals surface area (Å²) < 4.78 is 40.5. The molecule has 0 unspecified atom stereocenters. The Morgan fingerprint density at radius 2 is 1.70 bits per heavy atom. The number of hydrogen-bond donors (Lipinski definition) is 1. The maximum atomic E-state index is 13.5. The van der Waals surface area contributed by atoms with Crippen molar-refractivity contribution in [1.29, 1.82) is 0 Å². The van der Waals surface area contributed by atoms with Gasteiger partial charge in [0.1, 0.15) is 0 Å². The van der Waals surface area contributed by atoms with E-state index in [9.17, 15) is 18.0 Å². The maximum Gasteiger partial charge on any atom is 0.437 e. The number of aromatic nitrogens is 2. The second-order valence-corrected chi connectivity index (χ2v) is 6.94. The average Bonchev–Trinajstić information content (AvgIpc) is 2.64. The lowest BCUT2D eigenvalue weighted by atomic mass is 10.2. The number of nitrogens with one attached hydrogen (secondary N) is 1. The lowest BCUT2D eigenvalue weighted by molar-refractivity contribution is -0.140. The van der Waals surface area contributed by atoms with Crippen LogP contribution in [0.1, 0.15) is 19.5 Å². The Balaban J connectivity index is 1.79. The van der Waals surface area contributed by atoms with E-state index in [1.807, 2.05) is 13.8 Å². The van der Waals surface area contributed by atoms with Crippen LogP contribution < -0.4 is 10.2 Å². The van der Waals surface area contributed by atoms with E-state index in [0.29, 0.717) is 31.1 Å². The van der Waals surface area contributed by atoms with Gasteiger partial charge in [-0.15, -0.1) is 0 Å². The molecule has 1 aliphatic rings. The summed E-state index contributed by atoms with van der Waals surface area (Å²) in [6.45, 7) is 5.75. The first-order valence-electron chi connectivity index (χ1n) is 8.87. The van der Waals surface area contributed by atoms with Gasteiger partial charge in [0, 0.05) is 32.7 Å². The molecule has 1 aromatic heterocycles. The molecule has 1 aromatic carbocycles. The maximum absolute atomic E-state index is 13.5. The number of nitrogens with zero attached hydrogens (tertiary/aromatic N) is 4. The molecule has 6 nitrogen and oxygen atoms in total. The van der Waals surface area contributed by atoms with Crippen LogP contribution in [0, 0.1) is 5.92 Å². The van der Waals surface area contributed by atoms with E-state index in [1.54, 1.807) is 28.0 Å². The van der Waals surface area contributed by atoms with Crippen LogP contribution in [0.5, 0.6) is 0 Å². The zero-order chi connectivity index (χ0) is 19.6. The zero-order valence-corrected chi connectivity index (χ0v) is 15.3. The van der Waals surface area contributed by atoms with Crippen molar-refractivity contribution in [2.24, 2.45) is 5.92 Å². The number of benzene rings is 1. The van der Waals surface area contributed by atoms with Gasteiger partial charge in [0.15, 0.2) is 11.5 Å². The lowest BCUT2D eigenvalue weighted by Gasteiger charge is -2.36. The van der Waals surface area contributed by atoms with Gasteiger partial charge in [0.05, 0.1) is 11.0 Å². The number of fused-ring (bicyclic) bond motifs is 1. The highest BCUT2D eigenvalue weighted by Gasteiger charge is 2.39. The fourth-order valence-electron chi connectivity index (χ4n) is 2.93. The fraction of sp³-hybridized carbons (Fsp3) is 0.500. The molecule has 2 amide bonds. The Bertz CT molecular complexity index is 816. The monoisotopic (exact) mass is 381 g/mol. The van der Waals surface area contributed by atoms with Crippen molar-refractivity contribution >= 4 is 22.9 Å². The molecule has 2 heterocycles. The van der Waals surface area contributed by atoms with Gasteiger partial charge in [-0.3, -0.25) is 0 Å². The molecule has 1 aliphatic heterocycles. The van der Waals surface area contributed by atoms with Crippen LogP contribution in [0.2, 0.25) is 0 Å². The van der Waals surface area contributed by atoms with Crippen LogP contribution in [0.4, 0.5) is 23.8 Å². The molecule has 1 saturated heterocycles. The topological polar surface area (TPSA) is 61.4 Å². The lowest BCUT2D eigenvalue weighted by Crippen LogP contribution is -2.52. The molecule has 1 fully saturated rings. The van der Waals surface area contributed by atoms with Crippen molar-refractivity contribution in [2.75, 3.05) is 37.6 Å². The number of rotatable bonds is 3. The third-order valence-electron chi connectivity index (χ3n) is 4.35. The summed E-state index contributed by atoms with van der Waals surface area (Å²) in [7, 11) is 0. The van der Waals surface area contributed by atoms with Gasteiger partial charge in [-0.05, 0) is 18.1 Å². The van der Waals surface area contributed by atoms with E-state index in [-0.39, 0.29) is 30.5 Å². The standard InChI is InChI=1S/C18H22F3N5O/c1-12(2)11-22-17(27)26-9-7-25(8-10-26)16-15(18(19,20)21)23-13-5-3-4-6-14(13)24-16/h3-6,12H,7-11H2,1-2H3,(H,22,27). The summed E-state index contributed by atoms with van der Waals surface area (Å²) in [5.74, 6) is 0.154. The Morgan fingerprint density at radius 3 is 2.26 bits per heavy atom. The van der Waals surface area contributed by atoms with E-state index < -0.39 is 11.9 Å². The van der Waals surface area contributed by atoms with Crippen molar-refractivity contribution in [1.82, 2.24) is 20.2 Å². The minimum Gasteiger partial charge on any atom is -0.351 e. The first kappa shape index (κ1) is 19.2. The number of urea groups is 1. The van der Waals surface area contributed by atoms with E-state index in [4.69, 9.17) is 0 Å². The number of para-hydroxylation sites is 2. The molecular formula is C18H22F3N5O. The third-order valence-corrected chi connectivity index (χ3v) is 4.35. The minimum atomic E-state index is -4.60. The quantitative estimate of drug-likeness (QED) is 0.887. The van der Waals surface area contributed by atoms with Gasteiger partial charge in [-0.25, -0.2) is 14.8 Å². The largest absolute Gasteiger partial charge is 0.437 e. The zero-order valence-electron chi connectivity index (χ0n) is 15.3. The average molecular weight is 381 g/mol. The number of carbonyl (C=O) groups excluding carboxylic acids is 1. The first-order chi connectivity index (χ1) is 12.8. The number of piperazine rings is 1. The van der Waals surface area contributed by atoms with E-state index in [2.05, 4.69) is 15.3 Å². The summed E-state index contributed by atoms with van der Waals surface area (Å²) in [5.41, 5.74) is -0.364. The van der Waals surface area contributed by atoms with Crippen LogP contribution in [0.25, 0.3) is 11.0 Å². The van der Waals surface area contributed by atoms with Gasteiger partial charge in [0.25, 0.3) is 0 Å². The molecule has 27 heavy (non-hydrogen) atoms. The van der Waals surface area contributed by atoms with Gasteiger partial charge in [-0.2, -0.15) is 13.2 Å². The highest BCUT2D eigenvalue weighted by atomic mass is 19.4. The second kappa shape index (κ2) is 7.58. The predicted molar refractivity (Wildman–Crippen MR) is 96.6 cm³/mol. The molecule has 0 bridgehead atoms. The SMILES string of the molecule is CC(C)CNC(=O)N1CCN(c2nc3ccccc3nc2C(F)(F)F)CC1. The Morgan fingerprint density at radius 1 is 1.11 bits per heavy atom. The molecule has 0 atom stereocenters. The highest BCUT2D eigenvalue weighted by Crippen LogP contribution is 2.35. The summed E-state index contributed by atoms with van der Waals surface area (Å²) >= 11 is 0. The normalized spacial score (nSPS) is 15.5. The number of alkyl halides is 3. The van der Waals surface area contributed by atoms with Crippen LogP contribution in [0.3, 0.4) is 0 Å². The minimum absolute atomic E-state index is 0.177. The summed E-state index contributed by atoms with van der Waals surface area (Å²) in [6, 6.07) is 6.31. The molecule has 0 saturated carbocycles. The van der Waals surface area contributed by atoms with Gasteiger partial charge >= 0.3 is 12.2 Å². The van der Waals surface area contributed by atoms with Crippen molar-refractivity contribution in [3.63, 3.8) is 0 Å². The van der Waals surface area contributed by atoms with Crippen molar-refractivity contribution in [3.8, 4) is 0 Å². The molecule has 1 N–H and O–H groups in total. The van der Waals surface area contributed by atoms with E-state index in [1.165, 1.54) is 6.07 Å². The van der Waals surface area contributed by atoms with Crippen LogP contribution >= 0.6 is 0 Å². The Hall–Kier alpha value is -2.58. The fourth-order valence-corrected chi connectivity index (χ4v) is 2.93. The van der Waals surface area contributed by atoms with Crippen molar-refractivity contribution in [3.05, 3.63) is 30.0 Å². The number of amides is 2. The molecular weight excluding hydrogens is 359 g/mol. The third kappa shape index (κ3) is 4.40. The molecule has 146 valence electrons. The Kier molecular flexibility index (Phi) is 5.38. The number of hydrogen-bond acceptors (Lipinski definition) is 4. The number of anilines is 1. The van der Waals surface area contributed by atoms with Crippen LogP contribution in [-0.4, -0.2) is 53.6 Å². The van der Waals surface area contributed by atoms with Gasteiger partial charge in [0.2, 0.25) is 0 Å². The molecule has 0 aliphatic carbocycles. The first-order valence-corrected chi connectivity index (χ1v) is 8.87. The predicted octanol–water partition coefficient (Wildman–Crippen LogP) is 3.14. The van der Waals surface area contributed by atoms with Crippen LogP contribution in [0.15, 0.2) is 24.3 Å². The smallest absolute Gasteiger partial charge is 0.351 e. The van der Waals surface area contributed by atoms with Crippen LogP contribution in [-0.2, 0) is 6.18 Å². The molecule has 3 rings (SSSR count). The summed E-state index contributed by atoms with van der Waals surface area (Å²) in [5, 5.41) is 2.83. The molecule has 2 aromatic rings. The van der Waals surface area contributed by atoms with Crippen molar-refractivity contribution < 1.29 is 18.0 Å². The summed E-state index contributed by atoms with van der Waals surface area (Å²) in [4.78, 5) is 23.3. The Labute approximate surface area is 155 Å².